The van der Waals surface area contributed by atoms with Crippen LogP contribution in [-0.2, 0) is 9.84 Å². The Morgan fingerprint density at radius 1 is 1.36 bits per heavy atom. The summed E-state index contributed by atoms with van der Waals surface area (Å²) < 4.78 is 21.8. The quantitative estimate of drug-likeness (QED) is 0.633. The Balaban J connectivity index is 3.20. The zero-order chi connectivity index (χ0) is 8.48. The van der Waals surface area contributed by atoms with Gasteiger partial charge in [-0.05, 0) is 13.0 Å². The molecule has 0 spiro atoms. The molecule has 0 unspecified atom stereocenters. The van der Waals surface area contributed by atoms with Gasteiger partial charge in [-0.1, -0.05) is 17.7 Å². The molecule has 0 saturated carbocycles. The maximum absolute atomic E-state index is 10.9. The highest BCUT2D eigenvalue weighted by Crippen LogP contribution is 2.07. The molecule has 0 aromatic heterocycles. The minimum absolute atomic E-state index is 0.253. The molecule has 0 aliphatic carbocycles. The number of hydrogen-bond donors (Lipinski definition) is 0. The van der Waals surface area contributed by atoms with Crippen molar-refractivity contribution in [2.45, 2.75) is 11.8 Å². The second-order valence-electron chi connectivity index (χ2n) is 2.50. The highest BCUT2D eigenvalue weighted by molar-refractivity contribution is 7.90. The number of aryl methyl sites for hydroxylation is 1. The molecule has 1 rings (SSSR count). The molecule has 1 radical (unpaired) electrons. The van der Waals surface area contributed by atoms with Gasteiger partial charge in [0.05, 0.1) is 4.90 Å². The summed E-state index contributed by atoms with van der Waals surface area (Å²) in [5.74, 6) is 0. The molecule has 1 aromatic rings. The van der Waals surface area contributed by atoms with E-state index in [1.807, 2.05) is 6.92 Å². The van der Waals surface area contributed by atoms with E-state index >= 15 is 0 Å². The fourth-order valence-electron chi connectivity index (χ4n) is 0.719. The Morgan fingerprint density at radius 2 is 2.00 bits per heavy atom. The van der Waals surface area contributed by atoms with Crippen molar-refractivity contribution in [2.24, 2.45) is 0 Å². The predicted octanol–water partition coefficient (Wildman–Crippen LogP) is 1.20. The molecule has 0 N–H and O–H groups in total. The molecule has 2 nitrogen and oxygen atoms in total. The minimum Gasteiger partial charge on any atom is -0.224 e. The zero-order valence-corrected chi connectivity index (χ0v) is 7.27. The van der Waals surface area contributed by atoms with Crippen molar-refractivity contribution in [1.29, 1.82) is 0 Å². The van der Waals surface area contributed by atoms with Gasteiger partial charge >= 0.3 is 0 Å². The van der Waals surface area contributed by atoms with Crippen molar-refractivity contribution in [2.75, 3.05) is 6.26 Å². The van der Waals surface area contributed by atoms with E-state index in [0.29, 0.717) is 0 Å². The molecule has 0 aliphatic rings. The molecule has 59 valence electrons. The second-order valence-corrected chi connectivity index (χ2v) is 4.49. The lowest BCUT2D eigenvalue weighted by Crippen LogP contribution is -1.96. The topological polar surface area (TPSA) is 34.1 Å². The number of hydrogen-bond acceptors (Lipinski definition) is 2. The average Bonchev–Trinajstić information content (AvgIpc) is 1.86. The van der Waals surface area contributed by atoms with Crippen molar-refractivity contribution in [3.8, 4) is 0 Å². The first kappa shape index (κ1) is 8.27. The van der Waals surface area contributed by atoms with Crippen LogP contribution in [0.2, 0.25) is 0 Å². The first-order valence-electron chi connectivity index (χ1n) is 3.18. The average molecular weight is 169 g/mol. The molecule has 0 atom stereocenters. The molecule has 11 heavy (non-hydrogen) atoms. The summed E-state index contributed by atoms with van der Waals surface area (Å²) in [5.41, 5.74) is 1.01. The monoisotopic (exact) mass is 169 g/mol. The third-order valence-electron chi connectivity index (χ3n) is 1.34. The van der Waals surface area contributed by atoms with Crippen molar-refractivity contribution in [1.82, 2.24) is 0 Å². The Labute approximate surface area is 66.8 Å². The van der Waals surface area contributed by atoms with Crippen LogP contribution in [0.4, 0.5) is 0 Å². The lowest BCUT2D eigenvalue weighted by Gasteiger charge is -1.96. The molecular formula is C8H9O2S. The van der Waals surface area contributed by atoms with Gasteiger partial charge in [0, 0.05) is 12.3 Å². The summed E-state index contributed by atoms with van der Waals surface area (Å²) in [7, 11) is -3.08. The van der Waals surface area contributed by atoms with Crippen molar-refractivity contribution >= 4 is 9.84 Å². The van der Waals surface area contributed by atoms with Crippen molar-refractivity contribution in [3.63, 3.8) is 0 Å². The number of rotatable bonds is 1. The minimum atomic E-state index is -3.08. The molecule has 0 fully saturated rings. The molecule has 0 amide bonds. The first-order valence-corrected chi connectivity index (χ1v) is 5.08. The van der Waals surface area contributed by atoms with E-state index in [2.05, 4.69) is 6.07 Å². The van der Waals surface area contributed by atoms with Gasteiger partial charge in [0.15, 0.2) is 9.84 Å². The largest absolute Gasteiger partial charge is 0.224 e. The van der Waals surface area contributed by atoms with Gasteiger partial charge in [0.1, 0.15) is 0 Å². The van der Waals surface area contributed by atoms with E-state index in [9.17, 15) is 8.42 Å². The summed E-state index contributed by atoms with van der Waals surface area (Å²) in [6.07, 6.45) is 1.17. The van der Waals surface area contributed by atoms with Crippen LogP contribution in [0, 0.1) is 13.0 Å². The summed E-state index contributed by atoms with van der Waals surface area (Å²) in [6.45, 7) is 1.89. The highest BCUT2D eigenvalue weighted by Gasteiger charge is 2.04. The summed E-state index contributed by atoms with van der Waals surface area (Å²) in [4.78, 5) is 0.253. The molecule has 0 aliphatic heterocycles. The van der Waals surface area contributed by atoms with E-state index in [0.717, 1.165) is 5.56 Å². The van der Waals surface area contributed by atoms with Crippen LogP contribution in [-0.4, -0.2) is 14.7 Å². The summed E-state index contributed by atoms with van der Waals surface area (Å²) >= 11 is 0. The Morgan fingerprint density at radius 3 is 2.36 bits per heavy atom. The molecular weight excluding hydrogens is 160 g/mol. The van der Waals surface area contributed by atoms with Gasteiger partial charge in [-0.25, -0.2) is 8.42 Å². The van der Waals surface area contributed by atoms with Crippen molar-refractivity contribution in [3.05, 3.63) is 29.8 Å². The van der Waals surface area contributed by atoms with Crippen LogP contribution in [0.15, 0.2) is 23.1 Å². The van der Waals surface area contributed by atoms with Gasteiger partial charge in [-0.15, -0.1) is 0 Å². The lowest BCUT2D eigenvalue weighted by molar-refractivity contribution is 0.601. The van der Waals surface area contributed by atoms with Gasteiger partial charge < -0.3 is 0 Å². The maximum atomic E-state index is 10.9. The fourth-order valence-corrected chi connectivity index (χ4v) is 1.31. The van der Waals surface area contributed by atoms with Gasteiger partial charge in [-0.3, -0.25) is 0 Å². The van der Waals surface area contributed by atoms with E-state index in [1.54, 1.807) is 18.2 Å². The van der Waals surface area contributed by atoms with Crippen LogP contribution < -0.4 is 0 Å². The Kier molecular flexibility index (Phi) is 2.00. The van der Waals surface area contributed by atoms with Gasteiger partial charge in [-0.2, -0.15) is 0 Å². The van der Waals surface area contributed by atoms with E-state index in [-0.39, 0.29) is 4.90 Å². The molecule has 0 saturated heterocycles. The fraction of sp³-hybridized carbons (Fsp3) is 0.250. The normalized spacial score (nSPS) is 11.5. The van der Waals surface area contributed by atoms with Crippen LogP contribution in [0.5, 0.6) is 0 Å². The Bertz CT molecular complexity index is 335. The van der Waals surface area contributed by atoms with E-state index in [1.165, 1.54) is 6.26 Å². The third kappa shape index (κ3) is 2.05. The first-order chi connectivity index (χ1) is 5.00. The standard InChI is InChI=1S/C8H9O2S/c1-7-3-5-8(6-4-7)11(2,9)10/h3-5H,1-2H3. The smallest absolute Gasteiger partial charge is 0.176 e. The van der Waals surface area contributed by atoms with E-state index in [4.69, 9.17) is 0 Å². The molecule has 1 aromatic carbocycles. The van der Waals surface area contributed by atoms with Gasteiger partial charge in [0.2, 0.25) is 0 Å². The zero-order valence-electron chi connectivity index (χ0n) is 6.46. The second kappa shape index (κ2) is 2.66. The van der Waals surface area contributed by atoms with Crippen LogP contribution in [0.3, 0.4) is 0 Å². The number of sulfone groups is 1. The molecule has 0 bridgehead atoms. The summed E-state index contributed by atoms with van der Waals surface area (Å²) in [5, 5.41) is 0. The third-order valence-corrected chi connectivity index (χ3v) is 2.39. The Hall–Kier alpha value is -0.830. The van der Waals surface area contributed by atoms with Gasteiger partial charge in [0.25, 0.3) is 0 Å². The molecule has 0 heterocycles. The van der Waals surface area contributed by atoms with Crippen LogP contribution >= 0.6 is 0 Å². The highest BCUT2D eigenvalue weighted by atomic mass is 32.2. The van der Waals surface area contributed by atoms with E-state index < -0.39 is 9.84 Å². The maximum Gasteiger partial charge on any atom is 0.176 e. The SMILES string of the molecule is Cc1c[c]c(S(C)(=O)=O)cc1. The molecule has 3 heteroatoms. The van der Waals surface area contributed by atoms with Crippen LogP contribution in [0.25, 0.3) is 0 Å². The number of benzene rings is 1. The predicted molar refractivity (Wildman–Crippen MR) is 43.1 cm³/mol. The van der Waals surface area contributed by atoms with Crippen LogP contribution in [0.1, 0.15) is 5.56 Å². The summed E-state index contributed by atoms with van der Waals surface area (Å²) in [6, 6.07) is 7.67. The van der Waals surface area contributed by atoms with Crippen molar-refractivity contribution < 1.29 is 8.42 Å². The lowest BCUT2D eigenvalue weighted by atomic mass is 10.2.